The van der Waals surface area contributed by atoms with Gasteiger partial charge in [-0.1, -0.05) is 12.6 Å². The summed E-state index contributed by atoms with van der Waals surface area (Å²) in [5, 5.41) is 3.28. The zero-order chi connectivity index (χ0) is 44.2. The van der Waals surface area contributed by atoms with Crippen LogP contribution in [-0.2, 0) is 4.79 Å². The fourth-order valence-corrected chi connectivity index (χ4v) is 6.99. The first-order valence-corrected chi connectivity index (χ1v) is 19.5. The highest BCUT2D eigenvalue weighted by molar-refractivity contribution is 6.17. The van der Waals surface area contributed by atoms with Crippen molar-refractivity contribution in [3.8, 4) is 40.0 Å². The Morgan fingerprint density at radius 3 is 2.34 bits per heavy atom. The minimum absolute atomic E-state index is 0.0365. The number of hydrogen-bond donors (Lipinski definition) is 3. The summed E-state index contributed by atoms with van der Waals surface area (Å²) in [5.41, 5.74) is 9.34. The van der Waals surface area contributed by atoms with Crippen molar-refractivity contribution in [2.45, 2.75) is 25.7 Å². The number of hydrogen-bond acceptors (Lipinski definition) is 11. The largest absolute Gasteiger partial charge is 0.493 e. The molecule has 6 aromatic rings. The molecule has 0 atom stereocenters. The maximum atomic E-state index is 15.1. The Labute approximate surface area is 355 Å². The van der Waals surface area contributed by atoms with Crippen LogP contribution in [0.3, 0.4) is 0 Å². The molecule has 62 heavy (non-hydrogen) atoms. The maximum Gasteiger partial charge on any atom is 0.258 e. The molecule has 4 aromatic carbocycles. The van der Waals surface area contributed by atoms with E-state index in [1.54, 1.807) is 56.6 Å². The van der Waals surface area contributed by atoms with Crippen LogP contribution in [0.1, 0.15) is 56.2 Å². The monoisotopic (exact) mass is 846 g/mol. The van der Waals surface area contributed by atoms with Gasteiger partial charge in [-0.25, -0.2) is 18.7 Å². The van der Waals surface area contributed by atoms with Gasteiger partial charge >= 0.3 is 0 Å². The van der Waals surface area contributed by atoms with Crippen LogP contribution >= 0.6 is 0 Å². The van der Waals surface area contributed by atoms with Gasteiger partial charge < -0.3 is 44.6 Å². The highest BCUT2D eigenvalue weighted by Gasteiger charge is 2.26. The number of carbonyl (C=O) groups is 3. The molecule has 1 aliphatic carbocycles. The summed E-state index contributed by atoms with van der Waals surface area (Å²) in [6.07, 6.45) is 4.77. The molecule has 2 amide bonds. The van der Waals surface area contributed by atoms with Crippen LogP contribution in [0, 0.1) is 18.6 Å². The van der Waals surface area contributed by atoms with Crippen molar-refractivity contribution < 1.29 is 46.8 Å². The number of H-pyrrole nitrogens is 1. The van der Waals surface area contributed by atoms with Crippen molar-refractivity contribution in [2.75, 3.05) is 59.2 Å². The highest BCUT2D eigenvalue weighted by Crippen LogP contribution is 2.41. The van der Waals surface area contributed by atoms with E-state index in [-0.39, 0.29) is 65.2 Å². The average molecular weight is 847 g/mol. The third kappa shape index (κ3) is 8.84. The lowest BCUT2D eigenvalue weighted by molar-refractivity contribution is -0.126. The average Bonchev–Trinajstić information content (AvgIpc) is 4.04. The van der Waals surface area contributed by atoms with Crippen molar-refractivity contribution in [1.29, 1.82) is 0 Å². The number of likely N-dealkylation sites (N-methyl/N-ethyl adjacent to an activating group) is 1. The molecule has 0 radical (unpaired) electrons. The van der Waals surface area contributed by atoms with Crippen LogP contribution < -0.4 is 34.7 Å². The lowest BCUT2D eigenvalue weighted by Gasteiger charge is -2.20. The second kappa shape index (κ2) is 18.0. The van der Waals surface area contributed by atoms with E-state index >= 15 is 4.39 Å². The Balaban J connectivity index is 0.965. The number of nitrogens with one attached hydrogen (secondary N) is 2. The molecule has 7 rings (SSSR count). The minimum Gasteiger partial charge on any atom is -0.493 e. The van der Waals surface area contributed by atoms with Gasteiger partial charge in [0.1, 0.15) is 42.6 Å². The summed E-state index contributed by atoms with van der Waals surface area (Å²) in [5.74, 6) is -0.945. The molecule has 0 saturated heterocycles. The number of ketones is 1. The van der Waals surface area contributed by atoms with Crippen LogP contribution in [0.15, 0.2) is 85.3 Å². The van der Waals surface area contributed by atoms with Gasteiger partial charge in [0.25, 0.3) is 11.8 Å². The Bertz CT molecular complexity index is 2710. The number of aromatic amines is 1. The first-order valence-electron chi connectivity index (χ1n) is 19.5. The van der Waals surface area contributed by atoms with E-state index in [1.807, 2.05) is 0 Å². The normalized spacial score (nSPS) is 12.1. The Morgan fingerprint density at radius 1 is 0.919 bits per heavy atom. The number of methoxy groups -OCH3 is 3. The van der Waals surface area contributed by atoms with E-state index < -0.39 is 23.4 Å². The molecule has 0 bridgehead atoms. The smallest absolute Gasteiger partial charge is 0.258 e. The number of ether oxygens (including phenoxy) is 5. The van der Waals surface area contributed by atoms with Crippen molar-refractivity contribution in [1.82, 2.24) is 19.9 Å². The summed E-state index contributed by atoms with van der Waals surface area (Å²) < 4.78 is 58.1. The van der Waals surface area contributed by atoms with Crippen molar-refractivity contribution in [2.24, 2.45) is 0 Å². The zero-order valence-corrected chi connectivity index (χ0v) is 34.7. The highest BCUT2D eigenvalue weighted by atomic mass is 19.1. The Morgan fingerprint density at radius 2 is 1.66 bits per heavy atom. The number of fused-ring (bicyclic) bond motifs is 1. The lowest BCUT2D eigenvalue weighted by atomic mass is 10.0. The topological polar surface area (TPSA) is 180 Å². The number of benzene rings is 4. The quantitative estimate of drug-likeness (QED) is 0.0606. The SMILES string of the molecule is C=C(COc1ccc2c(C(=O)c3cc(OC)c(OC)c(OC)c3)c[nH]c2c1)C(=O)N(C)CCOc1c(N)ncnc1-c1cc(F)cc(NC(=O)c2ccc(C3CC3)cc2F)c1C. The number of anilines is 2. The molecule has 0 aliphatic heterocycles. The van der Waals surface area contributed by atoms with Crippen LogP contribution in [0.4, 0.5) is 20.3 Å². The predicted octanol–water partition coefficient (Wildman–Crippen LogP) is 7.65. The summed E-state index contributed by atoms with van der Waals surface area (Å²) >= 11 is 0. The minimum atomic E-state index is -0.735. The second-order valence-electron chi connectivity index (χ2n) is 14.7. The first kappa shape index (κ1) is 42.6. The molecule has 4 N–H and O–H groups in total. The van der Waals surface area contributed by atoms with Crippen LogP contribution in [0.2, 0.25) is 0 Å². The third-order valence-corrected chi connectivity index (χ3v) is 10.6. The molecule has 2 aromatic heterocycles. The number of nitrogens with zero attached hydrogens (tertiary/aromatic N) is 3. The standard InChI is InChI=1S/C46H44F2N6O8/c1-24(22-62-30-10-12-31-34(21-50-37(31)20-30)41(55)28-16-38(58-4)42(60-6)39(17-28)59-5)46(57)54(3)13-14-61-43-40(51-23-52-44(43)49)33-18-29(47)19-36(25(33)2)53-45(56)32-11-9-27(15-35(32)48)26-7-8-26/h9-12,15-21,23,26,50H,1,7-8,13-14,22H2,2-6H3,(H,53,56)(H2,49,51,52). The van der Waals surface area contributed by atoms with Gasteiger partial charge in [-0.15, -0.1) is 0 Å². The van der Waals surface area contributed by atoms with Gasteiger partial charge in [-0.3, -0.25) is 14.4 Å². The van der Waals surface area contributed by atoms with Crippen molar-refractivity contribution >= 4 is 40.0 Å². The fraction of sp³-hybridized carbons (Fsp3) is 0.239. The van der Waals surface area contributed by atoms with E-state index in [0.717, 1.165) is 24.5 Å². The van der Waals surface area contributed by atoms with E-state index in [4.69, 9.17) is 29.4 Å². The molecule has 320 valence electrons. The van der Waals surface area contributed by atoms with Crippen molar-refractivity contribution in [3.05, 3.63) is 125 Å². The summed E-state index contributed by atoms with van der Waals surface area (Å²) in [6, 6.07) is 15.2. The van der Waals surface area contributed by atoms with Gasteiger partial charge in [-0.2, -0.15) is 0 Å². The van der Waals surface area contributed by atoms with E-state index in [2.05, 4.69) is 26.8 Å². The molecule has 16 heteroatoms. The molecule has 1 aliphatic rings. The summed E-state index contributed by atoms with van der Waals surface area (Å²) in [4.78, 5) is 52.8. The van der Waals surface area contributed by atoms with Crippen LogP contribution in [-0.4, -0.2) is 85.6 Å². The van der Waals surface area contributed by atoms with Crippen LogP contribution in [0.5, 0.6) is 28.7 Å². The van der Waals surface area contributed by atoms with Gasteiger partial charge in [0.2, 0.25) is 5.75 Å². The molecular formula is C46H44F2N6O8. The number of carbonyl (C=O) groups excluding carboxylic acids is 3. The fourth-order valence-electron chi connectivity index (χ4n) is 6.99. The number of amides is 2. The number of aromatic nitrogens is 3. The summed E-state index contributed by atoms with van der Waals surface area (Å²) in [6.45, 7) is 5.44. The second-order valence-corrected chi connectivity index (χ2v) is 14.7. The van der Waals surface area contributed by atoms with Gasteiger partial charge in [0, 0.05) is 58.2 Å². The molecular weight excluding hydrogens is 803 g/mol. The Hall–Kier alpha value is -7.49. The molecule has 14 nitrogen and oxygen atoms in total. The molecule has 0 unspecified atom stereocenters. The molecule has 2 heterocycles. The van der Waals surface area contributed by atoms with E-state index in [1.165, 1.54) is 50.8 Å². The number of nitrogens with two attached hydrogens (primary N) is 1. The zero-order valence-electron chi connectivity index (χ0n) is 34.7. The van der Waals surface area contributed by atoms with Crippen LogP contribution in [0.25, 0.3) is 22.2 Å². The van der Waals surface area contributed by atoms with E-state index in [9.17, 15) is 18.8 Å². The number of rotatable bonds is 17. The third-order valence-electron chi connectivity index (χ3n) is 10.6. The van der Waals surface area contributed by atoms with E-state index in [0.29, 0.717) is 56.5 Å². The maximum absolute atomic E-state index is 15.1. The lowest BCUT2D eigenvalue weighted by Crippen LogP contribution is -2.33. The molecule has 1 saturated carbocycles. The molecule has 0 spiro atoms. The van der Waals surface area contributed by atoms with Crippen molar-refractivity contribution in [3.63, 3.8) is 0 Å². The number of nitrogen functional groups attached to an aromatic ring is 1. The predicted molar refractivity (Wildman–Crippen MR) is 228 cm³/mol. The van der Waals surface area contributed by atoms with Gasteiger partial charge in [0.05, 0.1) is 33.4 Å². The van der Waals surface area contributed by atoms with Gasteiger partial charge in [0.15, 0.2) is 28.8 Å². The molecule has 1 fully saturated rings. The first-order chi connectivity index (χ1) is 29.8. The number of halogens is 2. The Kier molecular flexibility index (Phi) is 12.4. The summed E-state index contributed by atoms with van der Waals surface area (Å²) in [7, 11) is 6.00. The van der Waals surface area contributed by atoms with Gasteiger partial charge in [-0.05, 0) is 85.3 Å².